The van der Waals surface area contributed by atoms with E-state index < -0.39 is 0 Å². The lowest BCUT2D eigenvalue weighted by atomic mass is 9.53. The molecule has 1 heterocycles. The molecule has 2 N–H and O–H groups in total. The molecule has 4 heteroatoms. The molecule has 0 spiro atoms. The second-order valence-electron chi connectivity index (χ2n) is 5.57. The summed E-state index contributed by atoms with van der Waals surface area (Å²) in [5.74, 6) is 2.42. The van der Waals surface area contributed by atoms with E-state index in [-0.39, 0.29) is 5.41 Å². The largest absolute Gasteiger partial charge is 0.330 e. The van der Waals surface area contributed by atoms with Crippen LogP contribution in [-0.2, 0) is 0 Å². The molecule has 2 aliphatic carbocycles. The van der Waals surface area contributed by atoms with Crippen molar-refractivity contribution >= 4 is 5.84 Å². The van der Waals surface area contributed by atoms with Crippen LogP contribution in [0.4, 0.5) is 0 Å². The number of nitrogens with zero attached hydrogens (tertiary/aromatic N) is 3. The van der Waals surface area contributed by atoms with Gasteiger partial charge in [0.05, 0.1) is 0 Å². The number of fused-ring (bicyclic) bond motifs is 1. The Morgan fingerprint density at radius 3 is 3.06 bits per heavy atom. The summed E-state index contributed by atoms with van der Waals surface area (Å²) in [6.45, 7) is 3.51. The molecule has 3 atom stereocenters. The van der Waals surface area contributed by atoms with E-state index in [2.05, 4.69) is 28.2 Å². The molecule has 3 rings (SSSR count). The zero-order valence-corrected chi connectivity index (χ0v) is 10.4. The fourth-order valence-electron chi connectivity index (χ4n) is 3.70. The predicted octanol–water partition coefficient (Wildman–Crippen LogP) is 2.52. The Balaban J connectivity index is 1.76. The number of rotatable bonds is 4. The fourth-order valence-corrected chi connectivity index (χ4v) is 3.70. The molecule has 0 radical (unpaired) electrons. The zero-order valence-electron chi connectivity index (χ0n) is 10.4. The molecule has 0 aromatic heterocycles. The maximum absolute atomic E-state index is 6.03. The minimum Gasteiger partial charge on any atom is -0.330 e. The van der Waals surface area contributed by atoms with Crippen molar-refractivity contribution < 1.29 is 0 Å². The first-order valence-corrected chi connectivity index (χ1v) is 6.58. The van der Waals surface area contributed by atoms with Gasteiger partial charge in [0, 0.05) is 6.42 Å². The number of aliphatic imine (C=N–C) groups is 1. The lowest BCUT2D eigenvalue weighted by Gasteiger charge is -2.51. The van der Waals surface area contributed by atoms with Crippen molar-refractivity contribution in [1.29, 1.82) is 0 Å². The Hall–Kier alpha value is -1.03. The van der Waals surface area contributed by atoms with Gasteiger partial charge in [-0.2, -0.15) is 5.11 Å². The zero-order chi connectivity index (χ0) is 11.9. The minimum absolute atomic E-state index is 0.226. The average Bonchev–Trinajstić information content (AvgIpc) is 2.94. The first-order chi connectivity index (χ1) is 8.27. The topological polar surface area (TPSA) is 63.1 Å². The van der Waals surface area contributed by atoms with Crippen molar-refractivity contribution in [1.82, 2.24) is 0 Å². The van der Waals surface area contributed by atoms with Crippen molar-refractivity contribution in [3.8, 4) is 0 Å². The van der Waals surface area contributed by atoms with Gasteiger partial charge in [0.1, 0.15) is 5.84 Å². The van der Waals surface area contributed by atoms with Crippen molar-refractivity contribution in [2.24, 2.45) is 38.2 Å². The number of nitrogens with two attached hydrogens (primary N) is 1. The van der Waals surface area contributed by atoms with Crippen LogP contribution >= 0.6 is 0 Å². The van der Waals surface area contributed by atoms with E-state index in [1.165, 1.54) is 19.3 Å². The summed E-state index contributed by atoms with van der Waals surface area (Å²) in [5, 5.41) is 8.03. The van der Waals surface area contributed by atoms with Crippen LogP contribution in [0.2, 0.25) is 0 Å². The molecular formula is C13H20N4. The number of allylic oxidation sites excluding steroid dienone is 2. The van der Waals surface area contributed by atoms with Gasteiger partial charge in [0.2, 0.25) is 0 Å². The molecular weight excluding hydrogens is 212 g/mol. The van der Waals surface area contributed by atoms with Gasteiger partial charge in [-0.3, -0.25) is 0 Å². The molecule has 1 aliphatic heterocycles. The molecule has 0 aromatic rings. The van der Waals surface area contributed by atoms with E-state index in [1.54, 1.807) is 5.57 Å². The summed E-state index contributed by atoms with van der Waals surface area (Å²) < 4.78 is 0. The van der Waals surface area contributed by atoms with Gasteiger partial charge < -0.3 is 5.73 Å². The third-order valence-electron chi connectivity index (χ3n) is 4.70. The first kappa shape index (κ1) is 11.1. The average molecular weight is 232 g/mol. The number of hydrogen-bond acceptors (Lipinski definition) is 4. The first-order valence-electron chi connectivity index (χ1n) is 6.58. The molecule has 17 heavy (non-hydrogen) atoms. The lowest BCUT2D eigenvalue weighted by molar-refractivity contribution is 0.0157. The maximum atomic E-state index is 6.03. The summed E-state index contributed by atoms with van der Waals surface area (Å²) >= 11 is 0. The lowest BCUT2D eigenvalue weighted by Crippen LogP contribution is -2.51. The van der Waals surface area contributed by atoms with Gasteiger partial charge in [-0.25, -0.2) is 4.99 Å². The second-order valence-corrected chi connectivity index (χ2v) is 5.57. The van der Waals surface area contributed by atoms with Crippen molar-refractivity contribution in [3.63, 3.8) is 0 Å². The molecule has 0 saturated heterocycles. The second kappa shape index (κ2) is 4.02. The van der Waals surface area contributed by atoms with Crippen LogP contribution in [0.15, 0.2) is 26.9 Å². The van der Waals surface area contributed by atoms with Gasteiger partial charge in [0.15, 0.2) is 6.67 Å². The number of amidine groups is 1. The van der Waals surface area contributed by atoms with Gasteiger partial charge in [-0.15, -0.1) is 5.11 Å². The standard InChI is InChI=1S/C13H20N4/c1-2-9-3-10-5-13(7-14,11(10)4-9)6-12-15-8-16-17-12/h4,10-11H,2-3,5-8,14H2,1H3/t10-,11-,13-/m1/s1. The van der Waals surface area contributed by atoms with Crippen LogP contribution in [-0.4, -0.2) is 19.0 Å². The Labute approximate surface area is 102 Å². The summed E-state index contributed by atoms with van der Waals surface area (Å²) in [6.07, 6.45) is 7.11. The van der Waals surface area contributed by atoms with E-state index in [1.807, 2.05) is 0 Å². The van der Waals surface area contributed by atoms with Crippen LogP contribution in [0.25, 0.3) is 0 Å². The van der Waals surface area contributed by atoms with E-state index in [0.29, 0.717) is 12.6 Å². The smallest absolute Gasteiger partial charge is 0.152 e. The van der Waals surface area contributed by atoms with Crippen LogP contribution in [0.1, 0.15) is 32.6 Å². The fraction of sp³-hybridized carbons (Fsp3) is 0.769. The van der Waals surface area contributed by atoms with E-state index in [4.69, 9.17) is 5.73 Å². The van der Waals surface area contributed by atoms with Crippen LogP contribution < -0.4 is 5.73 Å². The van der Waals surface area contributed by atoms with E-state index in [9.17, 15) is 0 Å². The Bertz CT molecular complexity index is 410. The van der Waals surface area contributed by atoms with Gasteiger partial charge >= 0.3 is 0 Å². The highest BCUT2D eigenvalue weighted by molar-refractivity contribution is 5.84. The van der Waals surface area contributed by atoms with Crippen molar-refractivity contribution in [3.05, 3.63) is 11.6 Å². The third kappa shape index (κ3) is 1.66. The molecule has 4 nitrogen and oxygen atoms in total. The van der Waals surface area contributed by atoms with Crippen LogP contribution in [0.5, 0.6) is 0 Å². The molecule has 1 saturated carbocycles. The monoisotopic (exact) mass is 232 g/mol. The van der Waals surface area contributed by atoms with Gasteiger partial charge in [-0.05, 0) is 43.1 Å². The number of azo groups is 1. The summed E-state index contributed by atoms with van der Waals surface area (Å²) in [7, 11) is 0. The molecule has 3 aliphatic rings. The third-order valence-corrected chi connectivity index (χ3v) is 4.70. The Morgan fingerprint density at radius 1 is 1.53 bits per heavy atom. The minimum atomic E-state index is 0.226. The molecule has 92 valence electrons. The molecule has 0 aromatic carbocycles. The molecule has 0 unspecified atom stereocenters. The van der Waals surface area contributed by atoms with Gasteiger partial charge in [0.25, 0.3) is 0 Å². The SMILES string of the molecule is CCC1=C[C@@H]2[C@H](C1)C[C@]2(CN)CC1=NCN=N1. The van der Waals surface area contributed by atoms with E-state index >= 15 is 0 Å². The number of hydrogen-bond donors (Lipinski definition) is 1. The van der Waals surface area contributed by atoms with Crippen LogP contribution in [0, 0.1) is 17.3 Å². The predicted molar refractivity (Wildman–Crippen MR) is 67.9 cm³/mol. The Kier molecular flexibility index (Phi) is 2.62. The highest BCUT2D eigenvalue weighted by Crippen LogP contribution is 2.59. The normalized spacial score (nSPS) is 38.7. The maximum Gasteiger partial charge on any atom is 0.152 e. The van der Waals surface area contributed by atoms with Crippen molar-refractivity contribution in [2.75, 3.05) is 13.2 Å². The summed E-state index contributed by atoms with van der Waals surface area (Å²) in [5.41, 5.74) is 7.88. The highest BCUT2D eigenvalue weighted by atomic mass is 15.2. The van der Waals surface area contributed by atoms with Gasteiger partial charge in [-0.1, -0.05) is 18.6 Å². The highest BCUT2D eigenvalue weighted by Gasteiger charge is 2.54. The summed E-state index contributed by atoms with van der Waals surface area (Å²) in [4.78, 5) is 4.31. The molecule has 1 fully saturated rings. The van der Waals surface area contributed by atoms with Crippen LogP contribution in [0.3, 0.4) is 0 Å². The van der Waals surface area contributed by atoms with Crippen molar-refractivity contribution in [2.45, 2.75) is 32.6 Å². The molecule has 0 amide bonds. The summed E-state index contributed by atoms with van der Waals surface area (Å²) in [6, 6.07) is 0. The molecule has 0 bridgehead atoms. The Morgan fingerprint density at radius 2 is 2.41 bits per heavy atom. The van der Waals surface area contributed by atoms with E-state index in [0.717, 1.165) is 24.7 Å². The quantitative estimate of drug-likeness (QED) is 0.744.